The number of hydrogen-bond donors (Lipinski definition) is 1. The summed E-state index contributed by atoms with van der Waals surface area (Å²) < 4.78 is 51.5. The van der Waals surface area contributed by atoms with Crippen molar-refractivity contribution >= 4 is 5.91 Å². The predicted molar refractivity (Wildman–Crippen MR) is 70.3 cm³/mol. The van der Waals surface area contributed by atoms with Crippen molar-refractivity contribution in [3.05, 3.63) is 35.1 Å². The first-order chi connectivity index (χ1) is 9.79. The molecule has 1 saturated carbocycles. The van der Waals surface area contributed by atoms with Gasteiger partial charge in [0.1, 0.15) is 5.82 Å². The summed E-state index contributed by atoms with van der Waals surface area (Å²) in [7, 11) is 0. The molecule has 1 fully saturated rings. The molecule has 0 bridgehead atoms. The van der Waals surface area contributed by atoms with Crippen molar-refractivity contribution in [3.8, 4) is 0 Å². The third-order valence-electron chi connectivity index (χ3n) is 4.00. The van der Waals surface area contributed by atoms with E-state index in [0.29, 0.717) is 24.1 Å². The van der Waals surface area contributed by atoms with Gasteiger partial charge < -0.3 is 5.32 Å². The summed E-state index contributed by atoms with van der Waals surface area (Å²) in [6, 6.07) is 1.70. The average Bonchev–Trinajstić information content (AvgIpc) is 2.91. The number of halogens is 4. The first-order valence-corrected chi connectivity index (χ1v) is 6.96. The number of alkyl halides is 3. The van der Waals surface area contributed by atoms with Gasteiger partial charge in [-0.2, -0.15) is 13.2 Å². The molecule has 1 aliphatic rings. The van der Waals surface area contributed by atoms with Gasteiger partial charge in [0.15, 0.2) is 0 Å². The lowest BCUT2D eigenvalue weighted by atomic mass is 9.99. The SMILES string of the molecule is CC(NC(=O)c1cc(C(F)(F)F)ccc1F)C1CCCC1. The van der Waals surface area contributed by atoms with Gasteiger partial charge in [0.2, 0.25) is 0 Å². The standard InChI is InChI=1S/C15H17F4NO/c1-9(10-4-2-3-5-10)20-14(21)12-8-11(15(17,18)19)6-7-13(12)16/h6-10H,2-5H2,1H3,(H,20,21). The Balaban J connectivity index is 2.14. The van der Waals surface area contributed by atoms with Gasteiger partial charge >= 0.3 is 6.18 Å². The Morgan fingerprint density at radius 1 is 1.29 bits per heavy atom. The molecule has 0 aromatic heterocycles. The Hall–Kier alpha value is -1.59. The van der Waals surface area contributed by atoms with E-state index in [1.54, 1.807) is 6.92 Å². The van der Waals surface area contributed by atoms with Gasteiger partial charge in [-0.05, 0) is 43.9 Å². The molecule has 0 heterocycles. The van der Waals surface area contributed by atoms with Crippen LogP contribution in [0.15, 0.2) is 18.2 Å². The highest BCUT2D eigenvalue weighted by Gasteiger charge is 2.32. The monoisotopic (exact) mass is 303 g/mol. The summed E-state index contributed by atoms with van der Waals surface area (Å²) in [5.74, 6) is -1.43. The average molecular weight is 303 g/mol. The molecule has 1 aliphatic carbocycles. The summed E-state index contributed by atoms with van der Waals surface area (Å²) in [5.41, 5.74) is -1.59. The maximum absolute atomic E-state index is 13.6. The smallest absolute Gasteiger partial charge is 0.349 e. The second-order valence-corrected chi connectivity index (χ2v) is 5.50. The van der Waals surface area contributed by atoms with Crippen LogP contribution in [0, 0.1) is 11.7 Å². The van der Waals surface area contributed by atoms with Crippen molar-refractivity contribution in [2.75, 3.05) is 0 Å². The Labute approximate surface area is 120 Å². The molecule has 0 aliphatic heterocycles. The van der Waals surface area contributed by atoms with E-state index in [2.05, 4.69) is 5.32 Å². The van der Waals surface area contributed by atoms with Crippen LogP contribution in [0.1, 0.15) is 48.5 Å². The van der Waals surface area contributed by atoms with Crippen LogP contribution in [0.25, 0.3) is 0 Å². The molecule has 0 spiro atoms. The minimum atomic E-state index is -4.60. The third-order valence-corrected chi connectivity index (χ3v) is 4.00. The van der Waals surface area contributed by atoms with E-state index >= 15 is 0 Å². The summed E-state index contributed by atoms with van der Waals surface area (Å²) in [5, 5.41) is 2.61. The van der Waals surface area contributed by atoms with E-state index in [0.717, 1.165) is 25.7 Å². The summed E-state index contributed by atoms with van der Waals surface area (Å²) in [6.45, 7) is 1.80. The fourth-order valence-corrected chi connectivity index (χ4v) is 2.74. The number of amides is 1. The zero-order valence-corrected chi connectivity index (χ0v) is 11.6. The minimum absolute atomic E-state index is 0.172. The van der Waals surface area contributed by atoms with Crippen molar-refractivity contribution in [1.29, 1.82) is 0 Å². The highest BCUT2D eigenvalue weighted by Crippen LogP contribution is 2.31. The number of benzene rings is 1. The van der Waals surface area contributed by atoms with E-state index in [-0.39, 0.29) is 6.04 Å². The number of hydrogen-bond acceptors (Lipinski definition) is 1. The van der Waals surface area contributed by atoms with Gasteiger partial charge in [-0.3, -0.25) is 4.79 Å². The first-order valence-electron chi connectivity index (χ1n) is 6.96. The van der Waals surface area contributed by atoms with Crippen LogP contribution in [0.5, 0.6) is 0 Å². The van der Waals surface area contributed by atoms with Gasteiger partial charge in [-0.15, -0.1) is 0 Å². The fourth-order valence-electron chi connectivity index (χ4n) is 2.74. The number of nitrogens with one attached hydrogen (secondary N) is 1. The predicted octanol–water partition coefficient (Wildman–Crippen LogP) is 4.15. The quantitative estimate of drug-likeness (QED) is 0.835. The molecule has 6 heteroatoms. The molecule has 0 radical (unpaired) electrons. The van der Waals surface area contributed by atoms with E-state index in [1.165, 1.54) is 0 Å². The molecular weight excluding hydrogens is 286 g/mol. The second-order valence-electron chi connectivity index (χ2n) is 5.50. The number of carbonyl (C=O) groups excluding carboxylic acids is 1. The normalized spacial score (nSPS) is 17.8. The van der Waals surface area contributed by atoms with Gasteiger partial charge in [0, 0.05) is 6.04 Å². The Kier molecular flexibility index (Phi) is 4.54. The Bertz CT molecular complexity index is 521. The van der Waals surface area contributed by atoms with Gasteiger partial charge in [0.05, 0.1) is 11.1 Å². The van der Waals surface area contributed by atoms with Crippen LogP contribution in [-0.2, 0) is 6.18 Å². The van der Waals surface area contributed by atoms with Crippen molar-refractivity contribution in [1.82, 2.24) is 5.32 Å². The lowest BCUT2D eigenvalue weighted by molar-refractivity contribution is -0.137. The maximum Gasteiger partial charge on any atom is 0.416 e. The van der Waals surface area contributed by atoms with Gasteiger partial charge in [0.25, 0.3) is 5.91 Å². The molecule has 1 aromatic carbocycles. The Morgan fingerprint density at radius 3 is 2.48 bits per heavy atom. The van der Waals surface area contributed by atoms with Crippen LogP contribution >= 0.6 is 0 Å². The maximum atomic E-state index is 13.6. The van der Waals surface area contributed by atoms with Crippen molar-refractivity contribution in [3.63, 3.8) is 0 Å². The largest absolute Gasteiger partial charge is 0.416 e. The third kappa shape index (κ3) is 3.74. The van der Waals surface area contributed by atoms with E-state index in [1.807, 2.05) is 0 Å². The number of rotatable bonds is 3. The molecule has 1 atom stereocenters. The molecule has 1 unspecified atom stereocenters. The van der Waals surface area contributed by atoms with Crippen LogP contribution in [0.2, 0.25) is 0 Å². The van der Waals surface area contributed by atoms with Crippen molar-refractivity contribution < 1.29 is 22.4 Å². The Morgan fingerprint density at radius 2 is 1.90 bits per heavy atom. The molecule has 2 nitrogen and oxygen atoms in total. The molecular formula is C15H17F4NO. The minimum Gasteiger partial charge on any atom is -0.349 e. The molecule has 21 heavy (non-hydrogen) atoms. The first kappa shape index (κ1) is 15.8. The molecule has 0 saturated heterocycles. The summed E-state index contributed by atoms with van der Waals surface area (Å²) in [4.78, 5) is 12.0. The molecule has 2 rings (SSSR count). The topological polar surface area (TPSA) is 29.1 Å². The van der Waals surface area contributed by atoms with E-state index < -0.39 is 29.0 Å². The lowest BCUT2D eigenvalue weighted by Crippen LogP contribution is -2.37. The molecule has 1 amide bonds. The molecule has 1 aromatic rings. The van der Waals surface area contributed by atoms with Crippen molar-refractivity contribution in [2.24, 2.45) is 5.92 Å². The van der Waals surface area contributed by atoms with Gasteiger partial charge in [-0.1, -0.05) is 12.8 Å². The molecule has 1 N–H and O–H groups in total. The van der Waals surface area contributed by atoms with Crippen LogP contribution in [-0.4, -0.2) is 11.9 Å². The van der Waals surface area contributed by atoms with Gasteiger partial charge in [-0.25, -0.2) is 4.39 Å². The number of carbonyl (C=O) groups is 1. The zero-order valence-electron chi connectivity index (χ0n) is 11.6. The highest BCUT2D eigenvalue weighted by molar-refractivity contribution is 5.94. The highest BCUT2D eigenvalue weighted by atomic mass is 19.4. The summed E-state index contributed by atoms with van der Waals surface area (Å²) >= 11 is 0. The van der Waals surface area contributed by atoms with E-state index in [4.69, 9.17) is 0 Å². The second kappa shape index (κ2) is 6.03. The summed E-state index contributed by atoms with van der Waals surface area (Å²) in [6.07, 6.45) is -0.468. The zero-order chi connectivity index (χ0) is 15.6. The van der Waals surface area contributed by atoms with E-state index in [9.17, 15) is 22.4 Å². The lowest BCUT2D eigenvalue weighted by Gasteiger charge is -2.20. The fraction of sp³-hybridized carbons (Fsp3) is 0.533. The van der Waals surface area contributed by atoms with Crippen LogP contribution in [0.3, 0.4) is 0 Å². The van der Waals surface area contributed by atoms with Crippen molar-refractivity contribution in [2.45, 2.75) is 44.8 Å². The van der Waals surface area contributed by atoms with Crippen LogP contribution < -0.4 is 5.32 Å². The van der Waals surface area contributed by atoms with Crippen LogP contribution in [0.4, 0.5) is 17.6 Å². The molecule has 116 valence electrons.